The molecule has 1 aliphatic rings. The lowest BCUT2D eigenvalue weighted by molar-refractivity contribution is 0.0624. The SMILES string of the molecule is Cc1cccc(CN2CCN(C(=O)c3ccccc3OCc3noc(C)n3)CC2)c1. The zero-order valence-electron chi connectivity index (χ0n) is 17.4. The summed E-state index contributed by atoms with van der Waals surface area (Å²) in [4.78, 5) is 21.5. The fourth-order valence-electron chi connectivity index (χ4n) is 3.66. The second kappa shape index (κ2) is 9.09. The number of aromatic nitrogens is 2. The van der Waals surface area contributed by atoms with Crippen LogP contribution in [0, 0.1) is 13.8 Å². The number of hydrogen-bond donors (Lipinski definition) is 0. The van der Waals surface area contributed by atoms with Gasteiger partial charge in [-0.15, -0.1) is 0 Å². The van der Waals surface area contributed by atoms with Gasteiger partial charge in [0, 0.05) is 39.6 Å². The molecule has 4 rings (SSSR count). The van der Waals surface area contributed by atoms with Crippen LogP contribution in [-0.4, -0.2) is 52.0 Å². The molecular weight excluding hydrogens is 380 g/mol. The first kappa shape index (κ1) is 20.1. The second-order valence-electron chi connectivity index (χ2n) is 7.57. The van der Waals surface area contributed by atoms with Crippen LogP contribution in [0.3, 0.4) is 0 Å². The number of carbonyl (C=O) groups excluding carboxylic acids is 1. The average Bonchev–Trinajstić information content (AvgIpc) is 3.18. The Kier molecular flexibility index (Phi) is 6.09. The molecule has 30 heavy (non-hydrogen) atoms. The molecule has 156 valence electrons. The topological polar surface area (TPSA) is 71.7 Å². The lowest BCUT2D eigenvalue weighted by Gasteiger charge is -2.35. The van der Waals surface area contributed by atoms with Gasteiger partial charge >= 0.3 is 0 Å². The molecule has 1 aliphatic heterocycles. The van der Waals surface area contributed by atoms with E-state index in [0.717, 1.165) is 19.6 Å². The van der Waals surface area contributed by atoms with Crippen molar-refractivity contribution < 1.29 is 14.1 Å². The first-order chi connectivity index (χ1) is 14.6. The molecule has 0 aliphatic carbocycles. The Bertz CT molecular complexity index is 1010. The summed E-state index contributed by atoms with van der Waals surface area (Å²) < 4.78 is 10.8. The number of aryl methyl sites for hydroxylation is 2. The highest BCUT2D eigenvalue weighted by Crippen LogP contribution is 2.22. The van der Waals surface area contributed by atoms with Crippen molar-refractivity contribution in [3.63, 3.8) is 0 Å². The van der Waals surface area contributed by atoms with E-state index in [1.165, 1.54) is 11.1 Å². The predicted molar refractivity (Wildman–Crippen MR) is 112 cm³/mol. The predicted octanol–water partition coefficient (Wildman–Crippen LogP) is 3.22. The number of amides is 1. The number of para-hydroxylation sites is 1. The Hall–Kier alpha value is -3.19. The molecule has 7 nitrogen and oxygen atoms in total. The highest BCUT2D eigenvalue weighted by Gasteiger charge is 2.24. The number of hydrogen-bond acceptors (Lipinski definition) is 6. The Morgan fingerprint density at radius 3 is 2.60 bits per heavy atom. The van der Waals surface area contributed by atoms with Crippen LogP contribution in [0.25, 0.3) is 0 Å². The number of ether oxygens (including phenoxy) is 1. The monoisotopic (exact) mass is 406 g/mol. The summed E-state index contributed by atoms with van der Waals surface area (Å²) in [6.45, 7) is 8.01. The fourth-order valence-corrected chi connectivity index (χ4v) is 3.66. The van der Waals surface area contributed by atoms with Gasteiger partial charge in [0.15, 0.2) is 6.61 Å². The average molecular weight is 406 g/mol. The molecule has 3 aromatic rings. The van der Waals surface area contributed by atoms with Gasteiger partial charge in [-0.25, -0.2) is 0 Å². The van der Waals surface area contributed by atoms with Gasteiger partial charge in [0.05, 0.1) is 5.56 Å². The molecule has 0 N–H and O–H groups in total. The van der Waals surface area contributed by atoms with Crippen LogP contribution < -0.4 is 4.74 Å². The second-order valence-corrected chi connectivity index (χ2v) is 7.57. The first-order valence-corrected chi connectivity index (χ1v) is 10.2. The molecule has 2 aromatic carbocycles. The van der Waals surface area contributed by atoms with Crippen molar-refractivity contribution in [3.05, 3.63) is 76.9 Å². The molecule has 0 unspecified atom stereocenters. The number of benzene rings is 2. The van der Waals surface area contributed by atoms with Crippen LogP contribution in [0.5, 0.6) is 5.75 Å². The van der Waals surface area contributed by atoms with Crippen molar-refractivity contribution in [2.45, 2.75) is 27.0 Å². The summed E-state index contributed by atoms with van der Waals surface area (Å²) in [5.41, 5.74) is 3.14. The van der Waals surface area contributed by atoms with Crippen LogP contribution in [-0.2, 0) is 13.2 Å². The van der Waals surface area contributed by atoms with Crippen molar-refractivity contribution in [2.75, 3.05) is 26.2 Å². The molecule has 0 atom stereocenters. The molecule has 0 radical (unpaired) electrons. The van der Waals surface area contributed by atoms with Gasteiger partial charge in [-0.2, -0.15) is 4.98 Å². The summed E-state index contributed by atoms with van der Waals surface area (Å²) in [5, 5.41) is 3.83. The van der Waals surface area contributed by atoms with E-state index in [0.29, 0.717) is 36.1 Å². The lowest BCUT2D eigenvalue weighted by atomic mass is 10.1. The third-order valence-electron chi connectivity index (χ3n) is 5.19. The molecule has 0 bridgehead atoms. The van der Waals surface area contributed by atoms with E-state index in [1.807, 2.05) is 17.0 Å². The first-order valence-electron chi connectivity index (χ1n) is 10.2. The maximum Gasteiger partial charge on any atom is 0.257 e. The van der Waals surface area contributed by atoms with Crippen molar-refractivity contribution in [1.29, 1.82) is 0 Å². The smallest absolute Gasteiger partial charge is 0.257 e. The largest absolute Gasteiger partial charge is 0.485 e. The number of rotatable bonds is 6. The van der Waals surface area contributed by atoms with Crippen LogP contribution in [0.2, 0.25) is 0 Å². The standard InChI is InChI=1S/C23H26N4O3/c1-17-6-5-7-19(14-17)15-26-10-12-27(13-11-26)23(28)20-8-3-4-9-21(20)29-16-22-24-18(2)30-25-22/h3-9,14H,10-13,15-16H2,1-2H3. The quantitative estimate of drug-likeness (QED) is 0.626. The zero-order chi connectivity index (χ0) is 20.9. The minimum atomic E-state index is -0.00917. The molecular formula is C23H26N4O3. The van der Waals surface area contributed by atoms with Crippen molar-refractivity contribution >= 4 is 5.91 Å². The lowest BCUT2D eigenvalue weighted by Crippen LogP contribution is -2.48. The minimum Gasteiger partial charge on any atom is -0.485 e. The molecule has 1 amide bonds. The number of piperazine rings is 1. The van der Waals surface area contributed by atoms with Gasteiger partial charge in [-0.3, -0.25) is 9.69 Å². The van der Waals surface area contributed by atoms with Crippen LogP contribution in [0.4, 0.5) is 0 Å². The van der Waals surface area contributed by atoms with E-state index in [1.54, 1.807) is 19.1 Å². The van der Waals surface area contributed by atoms with Crippen molar-refractivity contribution in [1.82, 2.24) is 19.9 Å². The number of nitrogens with zero attached hydrogens (tertiary/aromatic N) is 4. The summed E-state index contributed by atoms with van der Waals surface area (Å²) >= 11 is 0. The maximum atomic E-state index is 13.1. The zero-order valence-corrected chi connectivity index (χ0v) is 17.4. The van der Waals surface area contributed by atoms with E-state index in [4.69, 9.17) is 9.26 Å². The summed E-state index contributed by atoms with van der Waals surface area (Å²) in [5.74, 6) is 1.47. The Balaban J connectivity index is 1.36. The molecule has 1 saturated heterocycles. The molecule has 7 heteroatoms. The maximum absolute atomic E-state index is 13.1. The van der Waals surface area contributed by atoms with Crippen molar-refractivity contribution in [3.8, 4) is 5.75 Å². The third kappa shape index (κ3) is 4.86. The van der Waals surface area contributed by atoms with E-state index < -0.39 is 0 Å². The van der Waals surface area contributed by atoms with Gasteiger partial charge in [-0.05, 0) is 24.6 Å². The van der Waals surface area contributed by atoms with Gasteiger partial charge in [0.2, 0.25) is 11.7 Å². The highest BCUT2D eigenvalue weighted by molar-refractivity contribution is 5.97. The van der Waals surface area contributed by atoms with Crippen LogP contribution in [0.15, 0.2) is 53.1 Å². The molecule has 1 fully saturated rings. The molecule has 1 aromatic heterocycles. The van der Waals surface area contributed by atoms with Crippen LogP contribution >= 0.6 is 0 Å². The molecule has 0 saturated carbocycles. The highest BCUT2D eigenvalue weighted by atomic mass is 16.5. The van der Waals surface area contributed by atoms with E-state index in [-0.39, 0.29) is 12.5 Å². The summed E-state index contributed by atoms with van der Waals surface area (Å²) in [7, 11) is 0. The Morgan fingerprint density at radius 1 is 1.07 bits per heavy atom. The third-order valence-corrected chi connectivity index (χ3v) is 5.19. The van der Waals surface area contributed by atoms with E-state index >= 15 is 0 Å². The minimum absolute atomic E-state index is 0.00917. The van der Waals surface area contributed by atoms with Gasteiger partial charge in [-0.1, -0.05) is 47.1 Å². The number of carbonyl (C=O) groups is 1. The normalized spacial score (nSPS) is 14.7. The molecule has 0 spiro atoms. The van der Waals surface area contributed by atoms with Crippen LogP contribution in [0.1, 0.15) is 33.2 Å². The Labute approximate surface area is 176 Å². The Morgan fingerprint density at radius 2 is 1.87 bits per heavy atom. The molecule has 2 heterocycles. The van der Waals surface area contributed by atoms with E-state index in [9.17, 15) is 4.79 Å². The van der Waals surface area contributed by atoms with Gasteiger partial charge in [0.1, 0.15) is 5.75 Å². The fraction of sp³-hybridized carbons (Fsp3) is 0.348. The summed E-state index contributed by atoms with van der Waals surface area (Å²) in [6.07, 6.45) is 0. The van der Waals surface area contributed by atoms with Gasteiger partial charge in [0.25, 0.3) is 5.91 Å². The van der Waals surface area contributed by atoms with Crippen molar-refractivity contribution in [2.24, 2.45) is 0 Å². The van der Waals surface area contributed by atoms with Gasteiger partial charge < -0.3 is 14.2 Å². The summed E-state index contributed by atoms with van der Waals surface area (Å²) in [6, 6.07) is 15.9. The van der Waals surface area contributed by atoms with E-state index in [2.05, 4.69) is 46.2 Å².